The van der Waals surface area contributed by atoms with Gasteiger partial charge in [0.15, 0.2) is 0 Å². The molecule has 1 heterocycles. The minimum Gasteiger partial charge on any atom is -0.325 e. The second-order valence-electron chi connectivity index (χ2n) is 8.35. The van der Waals surface area contributed by atoms with Crippen LogP contribution in [-0.2, 0) is 20.6 Å². The highest BCUT2D eigenvalue weighted by Crippen LogP contribution is 2.30. The maximum atomic E-state index is 12.9. The Balaban J connectivity index is 1.63. The number of hydrogen-bond acceptors (Lipinski definition) is 3. The molecule has 1 fully saturated rings. The summed E-state index contributed by atoms with van der Waals surface area (Å²) >= 11 is 12.0. The molecule has 8 heteroatoms. The van der Waals surface area contributed by atoms with Crippen molar-refractivity contribution < 1.29 is 13.2 Å². The fraction of sp³-hybridized carbons (Fsp3) is 0.435. The molecule has 0 unspecified atom stereocenters. The fourth-order valence-electron chi connectivity index (χ4n) is 3.89. The van der Waals surface area contributed by atoms with Gasteiger partial charge in [0.25, 0.3) is 0 Å². The molecule has 3 rings (SSSR count). The smallest absolute Gasteiger partial charge is 0.227 e. The third-order valence-electron chi connectivity index (χ3n) is 5.75. The molecule has 0 bridgehead atoms. The van der Waals surface area contributed by atoms with Gasteiger partial charge in [-0.05, 0) is 54.5 Å². The van der Waals surface area contributed by atoms with Crippen molar-refractivity contribution in [2.75, 3.05) is 18.4 Å². The second-order valence-corrected chi connectivity index (χ2v) is 11.2. The Hall–Kier alpha value is -1.60. The molecule has 0 radical (unpaired) electrons. The van der Waals surface area contributed by atoms with Gasteiger partial charge in [0.05, 0.1) is 5.75 Å². The van der Waals surface area contributed by atoms with E-state index in [0.29, 0.717) is 47.5 Å². The van der Waals surface area contributed by atoms with E-state index < -0.39 is 10.0 Å². The molecular formula is C23H28Cl2N2O3S. The minimum atomic E-state index is -3.53. The molecule has 31 heavy (non-hydrogen) atoms. The lowest BCUT2D eigenvalue weighted by atomic mass is 9.95. The van der Waals surface area contributed by atoms with Crippen LogP contribution in [0.25, 0.3) is 0 Å². The maximum absolute atomic E-state index is 12.9. The number of amides is 1. The quantitative estimate of drug-likeness (QED) is 0.581. The molecule has 168 valence electrons. The monoisotopic (exact) mass is 482 g/mol. The van der Waals surface area contributed by atoms with Crippen molar-refractivity contribution in [3.05, 3.63) is 63.1 Å². The summed E-state index contributed by atoms with van der Waals surface area (Å²) in [5.74, 6) is -0.151. The highest BCUT2D eigenvalue weighted by Gasteiger charge is 2.32. The third kappa shape index (κ3) is 5.80. The van der Waals surface area contributed by atoms with E-state index in [1.807, 2.05) is 25.1 Å². The van der Waals surface area contributed by atoms with Gasteiger partial charge in [-0.1, -0.05) is 61.3 Å². The molecule has 1 aliphatic heterocycles. The number of nitrogens with one attached hydrogen (secondary N) is 1. The number of piperidine rings is 1. The van der Waals surface area contributed by atoms with E-state index in [4.69, 9.17) is 23.2 Å². The molecule has 1 saturated heterocycles. The zero-order valence-electron chi connectivity index (χ0n) is 18.0. The summed E-state index contributed by atoms with van der Waals surface area (Å²) < 4.78 is 27.2. The molecule has 0 spiro atoms. The van der Waals surface area contributed by atoms with Crippen molar-refractivity contribution in [2.24, 2.45) is 5.92 Å². The van der Waals surface area contributed by atoms with Crippen LogP contribution in [0.5, 0.6) is 0 Å². The van der Waals surface area contributed by atoms with E-state index in [1.54, 1.807) is 18.2 Å². The molecule has 2 aromatic rings. The molecule has 1 aliphatic rings. The highest BCUT2D eigenvalue weighted by molar-refractivity contribution is 7.88. The van der Waals surface area contributed by atoms with E-state index in [2.05, 4.69) is 19.2 Å². The first kappa shape index (κ1) is 24.1. The Labute approximate surface area is 194 Å². The van der Waals surface area contributed by atoms with Crippen LogP contribution in [0.2, 0.25) is 10.0 Å². The number of rotatable bonds is 6. The molecule has 5 nitrogen and oxygen atoms in total. The van der Waals surface area contributed by atoms with Gasteiger partial charge in [0.2, 0.25) is 15.9 Å². The van der Waals surface area contributed by atoms with Crippen molar-refractivity contribution in [1.29, 1.82) is 0 Å². The van der Waals surface area contributed by atoms with Crippen LogP contribution in [0, 0.1) is 12.8 Å². The number of sulfonamides is 1. The van der Waals surface area contributed by atoms with Gasteiger partial charge in [-0.15, -0.1) is 0 Å². The van der Waals surface area contributed by atoms with Crippen LogP contribution in [0.4, 0.5) is 5.69 Å². The number of aryl methyl sites for hydroxylation is 1. The largest absolute Gasteiger partial charge is 0.325 e. The summed E-state index contributed by atoms with van der Waals surface area (Å²) in [5, 5.41) is 3.90. The van der Waals surface area contributed by atoms with E-state index in [0.717, 1.165) is 16.8 Å². The summed E-state index contributed by atoms with van der Waals surface area (Å²) in [7, 11) is -3.53. The van der Waals surface area contributed by atoms with Gasteiger partial charge < -0.3 is 5.32 Å². The fourth-order valence-corrected chi connectivity index (χ4v) is 6.04. The van der Waals surface area contributed by atoms with Crippen LogP contribution >= 0.6 is 23.2 Å². The van der Waals surface area contributed by atoms with Gasteiger partial charge in [0.1, 0.15) is 0 Å². The topological polar surface area (TPSA) is 66.5 Å². The lowest BCUT2D eigenvalue weighted by Crippen LogP contribution is -2.42. The summed E-state index contributed by atoms with van der Waals surface area (Å²) in [4.78, 5) is 12.9. The molecule has 1 amide bonds. The highest BCUT2D eigenvalue weighted by atomic mass is 35.5. The Bertz CT molecular complexity index is 1060. The first-order chi connectivity index (χ1) is 14.6. The molecule has 0 aromatic heterocycles. The van der Waals surface area contributed by atoms with E-state index in [1.165, 1.54) is 4.31 Å². The lowest BCUT2D eigenvalue weighted by molar-refractivity contribution is -0.120. The van der Waals surface area contributed by atoms with Gasteiger partial charge in [-0.3, -0.25) is 4.79 Å². The normalized spacial score (nSPS) is 15.9. The Morgan fingerprint density at radius 1 is 1.16 bits per heavy atom. The van der Waals surface area contributed by atoms with Crippen LogP contribution in [0.1, 0.15) is 49.3 Å². The summed E-state index contributed by atoms with van der Waals surface area (Å²) in [6, 6.07) is 10.8. The number of carbonyl (C=O) groups is 1. The minimum absolute atomic E-state index is 0.0472. The molecular weight excluding hydrogens is 455 g/mol. The zero-order valence-corrected chi connectivity index (χ0v) is 20.3. The van der Waals surface area contributed by atoms with Gasteiger partial charge in [0, 0.05) is 34.7 Å². The van der Waals surface area contributed by atoms with E-state index in [9.17, 15) is 13.2 Å². The summed E-state index contributed by atoms with van der Waals surface area (Å²) in [6.07, 6.45) is 0.977. The Kier molecular flexibility index (Phi) is 7.68. The first-order valence-electron chi connectivity index (χ1n) is 10.4. The van der Waals surface area contributed by atoms with Crippen LogP contribution in [-0.4, -0.2) is 31.7 Å². The molecule has 2 aromatic carbocycles. The van der Waals surface area contributed by atoms with Gasteiger partial charge in [-0.2, -0.15) is 0 Å². The van der Waals surface area contributed by atoms with Crippen molar-refractivity contribution in [1.82, 2.24) is 4.31 Å². The summed E-state index contributed by atoms with van der Waals surface area (Å²) in [6.45, 7) is 6.81. The van der Waals surface area contributed by atoms with Crippen molar-refractivity contribution in [3.8, 4) is 0 Å². The van der Waals surface area contributed by atoms with E-state index >= 15 is 0 Å². The average Bonchev–Trinajstić information content (AvgIpc) is 2.71. The number of nitrogens with zero attached hydrogens (tertiary/aromatic N) is 1. The van der Waals surface area contributed by atoms with Gasteiger partial charge in [-0.25, -0.2) is 12.7 Å². The number of halogens is 2. The van der Waals surface area contributed by atoms with Crippen molar-refractivity contribution in [2.45, 2.75) is 45.3 Å². The molecule has 0 atom stereocenters. The van der Waals surface area contributed by atoms with Crippen molar-refractivity contribution in [3.63, 3.8) is 0 Å². The predicted molar refractivity (Wildman–Crippen MR) is 127 cm³/mol. The second kappa shape index (κ2) is 9.90. The number of benzene rings is 2. The maximum Gasteiger partial charge on any atom is 0.227 e. The zero-order chi connectivity index (χ0) is 22.8. The van der Waals surface area contributed by atoms with Crippen LogP contribution in [0.15, 0.2) is 36.4 Å². The SMILES string of the molecule is Cc1cccc(C(C)C)c1NC(=O)C1CCN(S(=O)(=O)Cc2ccc(Cl)cc2Cl)CC1. The number of para-hydroxylation sites is 1. The molecule has 0 aliphatic carbocycles. The van der Waals surface area contributed by atoms with Crippen molar-refractivity contribution >= 4 is 44.8 Å². The summed E-state index contributed by atoms with van der Waals surface area (Å²) in [5.41, 5.74) is 3.52. The Morgan fingerprint density at radius 2 is 1.84 bits per heavy atom. The molecule has 0 saturated carbocycles. The third-order valence-corrected chi connectivity index (χ3v) is 8.16. The predicted octanol–water partition coefficient (Wildman–Crippen LogP) is 5.61. The first-order valence-corrected chi connectivity index (χ1v) is 12.8. The number of carbonyl (C=O) groups excluding carboxylic acids is 1. The Morgan fingerprint density at radius 3 is 2.45 bits per heavy atom. The average molecular weight is 483 g/mol. The van der Waals surface area contributed by atoms with Crippen LogP contribution in [0.3, 0.4) is 0 Å². The van der Waals surface area contributed by atoms with Gasteiger partial charge >= 0.3 is 0 Å². The lowest BCUT2D eigenvalue weighted by Gasteiger charge is -2.31. The number of anilines is 1. The number of hydrogen-bond donors (Lipinski definition) is 1. The van der Waals surface area contributed by atoms with Crippen LogP contribution < -0.4 is 5.32 Å². The standard InChI is InChI=1S/C23H28Cl2N2O3S/c1-15(2)20-6-4-5-16(3)22(20)26-23(28)17-9-11-27(12-10-17)31(29,30)14-18-7-8-19(24)13-21(18)25/h4-8,13,15,17H,9-12,14H2,1-3H3,(H,26,28). The molecule has 1 N–H and O–H groups in total. The van der Waals surface area contributed by atoms with E-state index in [-0.39, 0.29) is 17.6 Å².